The Hall–Kier alpha value is -4.69. The highest BCUT2D eigenvalue weighted by molar-refractivity contribution is 6.20. The van der Waals surface area contributed by atoms with E-state index in [0.717, 1.165) is 11.1 Å². The molecular weight excluding hydrogens is 436 g/mol. The maximum atomic E-state index is 7.97. The van der Waals surface area contributed by atoms with Crippen LogP contribution in [0.5, 0.6) is 0 Å². The summed E-state index contributed by atoms with van der Waals surface area (Å²) in [5.41, 5.74) is 10.9. The normalized spacial score (nSPS) is 12.1. The lowest BCUT2D eigenvalue weighted by Crippen LogP contribution is -1.98. The molecule has 0 spiro atoms. The average Bonchev–Trinajstić information content (AvgIpc) is 3.42. The quantitative estimate of drug-likeness (QED) is 0.250. The summed E-state index contributed by atoms with van der Waals surface area (Å²) in [4.78, 5) is 0. The summed E-state index contributed by atoms with van der Waals surface area (Å²) in [6, 6.07) is 37.5. The van der Waals surface area contributed by atoms with Crippen LogP contribution in [0.3, 0.4) is 0 Å². The summed E-state index contributed by atoms with van der Waals surface area (Å²) in [6.45, 7) is 2.14. The predicted molar refractivity (Wildman–Crippen MR) is 153 cm³/mol. The lowest BCUT2D eigenvalue weighted by Gasteiger charge is -2.15. The van der Waals surface area contributed by atoms with Gasteiger partial charge < -0.3 is 9.98 Å². The third-order valence-electron chi connectivity index (χ3n) is 8.01. The Kier molecular flexibility index (Phi) is 3.77. The van der Waals surface area contributed by atoms with Crippen molar-refractivity contribution in [3.63, 3.8) is 0 Å². The molecule has 168 valence electrons. The van der Waals surface area contributed by atoms with Crippen molar-refractivity contribution in [1.82, 2.24) is 4.57 Å². The highest BCUT2D eigenvalue weighted by atomic mass is 15.0. The van der Waals surface area contributed by atoms with Crippen LogP contribution in [0.1, 0.15) is 11.1 Å². The summed E-state index contributed by atoms with van der Waals surface area (Å²) in [5.74, 6) is 0. The van der Waals surface area contributed by atoms with Gasteiger partial charge in [-0.05, 0) is 80.7 Å². The van der Waals surface area contributed by atoms with Crippen molar-refractivity contribution >= 4 is 49.6 Å². The Morgan fingerprint density at radius 3 is 2.08 bits per heavy atom. The SMILES string of the molecule is Cc1c(C=N)ccc2c3ccccc3n(-c3ccc4c5c(cccc35)-c3cc5ccccc5cc3-4)c12. The first-order valence-corrected chi connectivity index (χ1v) is 12.4. The zero-order chi connectivity index (χ0) is 24.0. The Bertz CT molecular complexity index is 2030. The van der Waals surface area contributed by atoms with Crippen LogP contribution >= 0.6 is 0 Å². The molecule has 8 rings (SSSR count). The molecule has 0 bridgehead atoms. The van der Waals surface area contributed by atoms with Crippen LogP contribution in [0, 0.1) is 12.3 Å². The van der Waals surface area contributed by atoms with Crippen molar-refractivity contribution in [3.05, 3.63) is 114 Å². The van der Waals surface area contributed by atoms with Gasteiger partial charge in [-0.15, -0.1) is 0 Å². The molecule has 36 heavy (non-hydrogen) atoms. The van der Waals surface area contributed by atoms with E-state index < -0.39 is 0 Å². The first-order chi connectivity index (χ1) is 17.7. The average molecular weight is 459 g/mol. The van der Waals surface area contributed by atoms with E-state index in [4.69, 9.17) is 5.41 Å². The van der Waals surface area contributed by atoms with Crippen molar-refractivity contribution in [2.24, 2.45) is 0 Å². The number of fused-ring (bicyclic) bond motifs is 7. The molecule has 0 amide bonds. The molecule has 0 atom stereocenters. The molecule has 0 radical (unpaired) electrons. The van der Waals surface area contributed by atoms with Crippen molar-refractivity contribution in [3.8, 4) is 27.9 Å². The number of benzene rings is 6. The van der Waals surface area contributed by atoms with E-state index in [1.54, 1.807) is 0 Å². The number of aryl methyl sites for hydroxylation is 1. The second-order valence-corrected chi connectivity index (χ2v) is 9.78. The summed E-state index contributed by atoms with van der Waals surface area (Å²) in [5, 5.41) is 15.6. The second-order valence-electron chi connectivity index (χ2n) is 9.78. The van der Waals surface area contributed by atoms with Crippen LogP contribution in [0.2, 0.25) is 0 Å². The van der Waals surface area contributed by atoms with E-state index in [1.165, 1.54) is 77.5 Å². The standard InChI is InChI=1S/C34H22N2/c1-20-23(19-35)13-14-27-24-9-4-5-12-31(24)36(34(20)27)32-16-15-26-30-18-22-8-3-2-7-21(22)17-29(30)25-10-6-11-28(32)33(25)26/h2-19,35H,1H3. The van der Waals surface area contributed by atoms with Gasteiger partial charge in [0.2, 0.25) is 0 Å². The van der Waals surface area contributed by atoms with Crippen molar-refractivity contribution in [2.75, 3.05) is 0 Å². The molecule has 2 nitrogen and oxygen atoms in total. The van der Waals surface area contributed by atoms with Gasteiger partial charge in [-0.2, -0.15) is 0 Å². The molecule has 1 N–H and O–H groups in total. The van der Waals surface area contributed by atoms with Crippen LogP contribution in [0.15, 0.2) is 103 Å². The predicted octanol–water partition coefficient (Wildman–Crippen LogP) is 9.04. The lowest BCUT2D eigenvalue weighted by atomic mass is 9.99. The van der Waals surface area contributed by atoms with Crippen LogP contribution in [0.25, 0.3) is 71.3 Å². The van der Waals surface area contributed by atoms with Gasteiger partial charge in [0.25, 0.3) is 0 Å². The van der Waals surface area contributed by atoms with E-state index in [1.807, 2.05) is 0 Å². The third kappa shape index (κ3) is 2.38. The molecule has 0 aliphatic heterocycles. The highest BCUT2D eigenvalue weighted by Gasteiger charge is 2.25. The minimum Gasteiger partial charge on any atom is -0.308 e. The fourth-order valence-electron chi connectivity index (χ4n) is 6.37. The van der Waals surface area contributed by atoms with Gasteiger partial charge >= 0.3 is 0 Å². The Morgan fingerprint density at radius 2 is 1.31 bits per heavy atom. The van der Waals surface area contributed by atoms with Gasteiger partial charge in [0.1, 0.15) is 0 Å². The van der Waals surface area contributed by atoms with E-state index in [2.05, 4.69) is 115 Å². The Morgan fingerprint density at radius 1 is 0.611 bits per heavy atom. The first kappa shape index (κ1) is 19.6. The van der Waals surface area contributed by atoms with E-state index in [-0.39, 0.29) is 0 Å². The Balaban J connectivity index is 1.52. The zero-order valence-corrected chi connectivity index (χ0v) is 19.8. The maximum Gasteiger partial charge on any atom is 0.0577 e. The largest absolute Gasteiger partial charge is 0.308 e. The van der Waals surface area contributed by atoms with Gasteiger partial charge in [0.05, 0.1) is 16.7 Å². The molecule has 2 heteroatoms. The van der Waals surface area contributed by atoms with E-state index >= 15 is 0 Å². The molecule has 1 aliphatic rings. The number of nitrogens with one attached hydrogen (secondary N) is 1. The smallest absolute Gasteiger partial charge is 0.0577 e. The van der Waals surface area contributed by atoms with Gasteiger partial charge in [0, 0.05) is 22.4 Å². The molecular formula is C34H22N2. The number of para-hydroxylation sites is 1. The molecule has 0 fully saturated rings. The summed E-state index contributed by atoms with van der Waals surface area (Å²) >= 11 is 0. The monoisotopic (exact) mass is 458 g/mol. The number of hydrogen-bond donors (Lipinski definition) is 1. The fourth-order valence-corrected chi connectivity index (χ4v) is 6.37. The van der Waals surface area contributed by atoms with E-state index in [9.17, 15) is 0 Å². The molecule has 1 aliphatic carbocycles. The van der Waals surface area contributed by atoms with Crippen LogP contribution in [-0.2, 0) is 0 Å². The summed E-state index contributed by atoms with van der Waals surface area (Å²) in [7, 11) is 0. The number of aromatic nitrogens is 1. The number of hydrogen-bond acceptors (Lipinski definition) is 1. The van der Waals surface area contributed by atoms with E-state index in [0.29, 0.717) is 0 Å². The molecule has 6 aromatic carbocycles. The van der Waals surface area contributed by atoms with Gasteiger partial charge in [-0.25, -0.2) is 0 Å². The van der Waals surface area contributed by atoms with Gasteiger partial charge in [-0.1, -0.05) is 78.9 Å². The van der Waals surface area contributed by atoms with Crippen LogP contribution in [0.4, 0.5) is 0 Å². The third-order valence-corrected chi connectivity index (χ3v) is 8.01. The lowest BCUT2D eigenvalue weighted by molar-refractivity contribution is 1.18. The maximum absolute atomic E-state index is 7.97. The summed E-state index contributed by atoms with van der Waals surface area (Å²) < 4.78 is 2.41. The van der Waals surface area contributed by atoms with Gasteiger partial charge in [-0.3, -0.25) is 0 Å². The van der Waals surface area contributed by atoms with Crippen molar-refractivity contribution in [1.29, 1.82) is 5.41 Å². The first-order valence-electron chi connectivity index (χ1n) is 12.4. The molecule has 0 saturated heterocycles. The number of nitrogens with zero attached hydrogens (tertiary/aromatic N) is 1. The second kappa shape index (κ2) is 6.93. The molecule has 1 heterocycles. The van der Waals surface area contributed by atoms with Crippen LogP contribution in [-0.4, -0.2) is 10.8 Å². The van der Waals surface area contributed by atoms with Crippen molar-refractivity contribution < 1.29 is 0 Å². The van der Waals surface area contributed by atoms with Gasteiger partial charge in [0.15, 0.2) is 0 Å². The Labute approximate surface area is 208 Å². The fraction of sp³-hybridized carbons (Fsp3) is 0.0294. The minimum atomic E-state index is 0.955. The number of rotatable bonds is 2. The zero-order valence-electron chi connectivity index (χ0n) is 19.8. The van der Waals surface area contributed by atoms with Crippen LogP contribution < -0.4 is 0 Å². The minimum absolute atomic E-state index is 0.955. The molecule has 7 aromatic rings. The topological polar surface area (TPSA) is 28.8 Å². The van der Waals surface area contributed by atoms with Crippen molar-refractivity contribution in [2.45, 2.75) is 6.92 Å². The summed E-state index contributed by atoms with van der Waals surface area (Å²) in [6.07, 6.45) is 1.46. The molecule has 0 unspecified atom stereocenters. The molecule has 0 saturated carbocycles. The molecule has 1 aromatic heterocycles. The highest BCUT2D eigenvalue weighted by Crippen LogP contribution is 2.50.